The molecule has 0 spiro atoms. The Morgan fingerprint density at radius 2 is 1.79 bits per heavy atom. The number of phenolic OH excluding ortho intramolecular Hbond substituents is 2. The fraction of sp³-hybridized carbons (Fsp3) is 0.450. The van der Waals surface area contributed by atoms with Crippen molar-refractivity contribution in [2.45, 2.75) is 53.9 Å². The van der Waals surface area contributed by atoms with Crippen LogP contribution < -0.4 is 4.74 Å². The van der Waals surface area contributed by atoms with Crippen LogP contribution >= 0.6 is 0 Å². The van der Waals surface area contributed by atoms with E-state index >= 15 is 0 Å². The number of ether oxygens (including phenoxy) is 1. The minimum atomic E-state index is -0.271. The first-order valence-electron chi connectivity index (χ1n) is 8.32. The summed E-state index contributed by atoms with van der Waals surface area (Å²) in [5.41, 5.74) is 2.28. The molecule has 0 saturated heterocycles. The third-order valence-electron chi connectivity index (χ3n) is 3.86. The molecular weight excluding hydrogens is 304 g/mol. The molecule has 0 unspecified atom stereocenters. The van der Waals surface area contributed by atoms with Gasteiger partial charge >= 0.3 is 0 Å². The predicted octanol–water partition coefficient (Wildman–Crippen LogP) is 5.36. The van der Waals surface area contributed by atoms with Crippen LogP contribution in [0.5, 0.6) is 17.2 Å². The first-order chi connectivity index (χ1) is 11.3. The van der Waals surface area contributed by atoms with Crippen LogP contribution in [0.4, 0.5) is 0 Å². The number of aromatic hydroxyl groups is 2. The van der Waals surface area contributed by atoms with Gasteiger partial charge in [0.1, 0.15) is 22.8 Å². The third-order valence-corrected chi connectivity index (χ3v) is 3.86. The highest BCUT2D eigenvalue weighted by Crippen LogP contribution is 2.35. The third kappa shape index (κ3) is 5.76. The summed E-state index contributed by atoms with van der Waals surface area (Å²) in [6.45, 7) is 9.73. The Labute approximate surface area is 144 Å². The van der Waals surface area contributed by atoms with Gasteiger partial charge in [-0.1, -0.05) is 25.5 Å². The molecule has 24 heavy (non-hydrogen) atoms. The lowest BCUT2D eigenvalue weighted by Crippen LogP contribution is -2.10. The van der Waals surface area contributed by atoms with Crippen LogP contribution in [-0.2, 0) is 0 Å². The molecule has 0 heterocycles. The summed E-state index contributed by atoms with van der Waals surface area (Å²) in [6, 6.07) is 2.71. The molecule has 0 saturated carbocycles. The van der Waals surface area contributed by atoms with Crippen molar-refractivity contribution < 1.29 is 19.7 Å². The van der Waals surface area contributed by atoms with Gasteiger partial charge in [-0.15, -0.1) is 0 Å². The minimum absolute atomic E-state index is 0.0408. The van der Waals surface area contributed by atoms with Crippen molar-refractivity contribution in [3.8, 4) is 17.2 Å². The van der Waals surface area contributed by atoms with Gasteiger partial charge in [-0.2, -0.15) is 0 Å². The second kappa shape index (κ2) is 9.16. The highest BCUT2D eigenvalue weighted by molar-refractivity contribution is 6.02. The van der Waals surface area contributed by atoms with Crippen molar-refractivity contribution in [3.05, 3.63) is 41.2 Å². The van der Waals surface area contributed by atoms with Crippen molar-refractivity contribution in [2.75, 3.05) is 0 Å². The lowest BCUT2D eigenvalue weighted by Gasteiger charge is -2.12. The smallest absolute Gasteiger partial charge is 0.173 e. The molecule has 0 bridgehead atoms. The largest absolute Gasteiger partial charge is 0.507 e. The van der Waals surface area contributed by atoms with E-state index in [1.165, 1.54) is 17.7 Å². The van der Waals surface area contributed by atoms with Crippen molar-refractivity contribution in [1.29, 1.82) is 0 Å². The number of Topliss-reactive ketones (excluding diaryl/α,β-unsaturated/α-hetero) is 1. The molecule has 1 rings (SSSR count). The van der Waals surface area contributed by atoms with Crippen LogP contribution in [0.3, 0.4) is 0 Å². The van der Waals surface area contributed by atoms with Crippen LogP contribution in [0.25, 0.3) is 0 Å². The van der Waals surface area contributed by atoms with Gasteiger partial charge in [-0.05, 0) is 45.6 Å². The summed E-state index contributed by atoms with van der Waals surface area (Å²) in [6.07, 6.45) is 6.21. The summed E-state index contributed by atoms with van der Waals surface area (Å²) >= 11 is 0. The molecule has 0 radical (unpaired) electrons. The van der Waals surface area contributed by atoms with Gasteiger partial charge in [0.05, 0.1) is 6.26 Å². The minimum Gasteiger partial charge on any atom is -0.507 e. The van der Waals surface area contributed by atoms with Gasteiger partial charge in [0.2, 0.25) is 0 Å². The van der Waals surface area contributed by atoms with Gasteiger partial charge in [0, 0.05) is 18.1 Å². The molecular formula is C20H28O4. The fourth-order valence-electron chi connectivity index (χ4n) is 2.16. The van der Waals surface area contributed by atoms with Crippen molar-refractivity contribution >= 4 is 5.78 Å². The first-order valence-corrected chi connectivity index (χ1v) is 8.32. The number of rotatable bonds is 8. The number of hydrogen-bond donors (Lipinski definition) is 2. The quantitative estimate of drug-likeness (QED) is 0.382. The van der Waals surface area contributed by atoms with Crippen LogP contribution in [0.2, 0.25) is 0 Å². The molecule has 0 amide bonds. The fourth-order valence-corrected chi connectivity index (χ4v) is 2.16. The average molecular weight is 332 g/mol. The normalized spacial score (nSPS) is 12.6. The summed E-state index contributed by atoms with van der Waals surface area (Å²) in [5, 5.41) is 20.1. The molecule has 1 aromatic rings. The molecule has 132 valence electrons. The topological polar surface area (TPSA) is 66.8 Å². The number of benzene rings is 1. The Hall–Kier alpha value is -2.23. The summed E-state index contributed by atoms with van der Waals surface area (Å²) in [7, 11) is 0. The van der Waals surface area contributed by atoms with Crippen LogP contribution in [0.1, 0.15) is 64.2 Å². The molecule has 0 aromatic heterocycles. The highest BCUT2D eigenvalue weighted by Gasteiger charge is 2.22. The molecule has 1 atom stereocenters. The number of ketones is 1. The Kier molecular flexibility index (Phi) is 7.56. The highest BCUT2D eigenvalue weighted by atomic mass is 16.5. The van der Waals surface area contributed by atoms with Gasteiger partial charge in [-0.3, -0.25) is 4.79 Å². The van der Waals surface area contributed by atoms with E-state index in [1.807, 2.05) is 13.8 Å². The van der Waals surface area contributed by atoms with Gasteiger partial charge in [-0.25, -0.2) is 0 Å². The van der Waals surface area contributed by atoms with Crippen molar-refractivity contribution in [1.82, 2.24) is 0 Å². The zero-order chi connectivity index (χ0) is 18.3. The molecule has 2 N–H and O–H groups in total. The Bertz CT molecular complexity index is 614. The van der Waals surface area contributed by atoms with Gasteiger partial charge < -0.3 is 14.9 Å². The lowest BCUT2D eigenvalue weighted by molar-refractivity contribution is 0.0921. The van der Waals surface area contributed by atoms with Crippen molar-refractivity contribution in [2.24, 2.45) is 5.92 Å². The van der Waals surface area contributed by atoms with Gasteiger partial charge in [0.15, 0.2) is 5.78 Å². The lowest BCUT2D eigenvalue weighted by atomic mass is 9.95. The van der Waals surface area contributed by atoms with E-state index in [2.05, 4.69) is 19.9 Å². The summed E-state index contributed by atoms with van der Waals surface area (Å²) in [5.74, 6) is -0.748. The zero-order valence-electron chi connectivity index (χ0n) is 15.2. The zero-order valence-corrected chi connectivity index (χ0v) is 15.2. The van der Waals surface area contributed by atoms with Crippen LogP contribution in [0.15, 0.2) is 35.6 Å². The van der Waals surface area contributed by atoms with Gasteiger partial charge in [0.25, 0.3) is 0 Å². The Balaban J connectivity index is 2.85. The predicted molar refractivity (Wildman–Crippen MR) is 96.6 cm³/mol. The number of carbonyl (C=O) groups excluding carboxylic acids is 1. The molecule has 0 fully saturated rings. The summed E-state index contributed by atoms with van der Waals surface area (Å²) < 4.78 is 5.49. The standard InChI is InChI=1S/C20H28O4/c1-6-15(5)20(23)19-17(21)10-16(11-18(19)22)24-12-14(4)9-7-8-13(2)3/h8,10-12,15,21-22H,6-7,9H2,1-5H3/t15-/m1/s1. The second-order valence-corrected chi connectivity index (χ2v) is 6.41. The maximum Gasteiger partial charge on any atom is 0.173 e. The monoisotopic (exact) mass is 332 g/mol. The Morgan fingerprint density at radius 1 is 1.21 bits per heavy atom. The second-order valence-electron chi connectivity index (χ2n) is 6.41. The first kappa shape index (κ1) is 19.8. The molecule has 0 aliphatic carbocycles. The molecule has 4 nitrogen and oxygen atoms in total. The van der Waals surface area contributed by atoms with E-state index in [-0.39, 0.29) is 28.8 Å². The van der Waals surface area contributed by atoms with E-state index in [4.69, 9.17) is 4.74 Å². The maximum atomic E-state index is 12.2. The molecule has 1 aromatic carbocycles. The number of allylic oxidation sites excluding steroid dienone is 3. The summed E-state index contributed by atoms with van der Waals surface area (Å²) in [4.78, 5) is 12.2. The number of hydrogen-bond acceptors (Lipinski definition) is 4. The van der Waals surface area contributed by atoms with Crippen molar-refractivity contribution in [3.63, 3.8) is 0 Å². The number of phenols is 2. The van der Waals surface area contributed by atoms with E-state index in [9.17, 15) is 15.0 Å². The molecule has 4 heteroatoms. The van der Waals surface area contributed by atoms with E-state index in [1.54, 1.807) is 13.2 Å². The Morgan fingerprint density at radius 3 is 2.29 bits per heavy atom. The van der Waals surface area contributed by atoms with E-state index in [0.29, 0.717) is 12.2 Å². The van der Waals surface area contributed by atoms with Crippen LogP contribution in [-0.4, -0.2) is 16.0 Å². The van der Waals surface area contributed by atoms with E-state index in [0.717, 1.165) is 18.4 Å². The molecule has 0 aliphatic heterocycles. The van der Waals surface area contributed by atoms with E-state index < -0.39 is 0 Å². The molecule has 0 aliphatic rings. The maximum absolute atomic E-state index is 12.2. The average Bonchev–Trinajstić information content (AvgIpc) is 2.51. The SMILES string of the molecule is CC[C@@H](C)C(=O)c1c(O)cc(OC=C(C)CCC=C(C)C)cc1O. The van der Waals surface area contributed by atoms with Crippen LogP contribution in [0, 0.1) is 5.92 Å². The number of carbonyl (C=O) groups is 1.